The molecule has 2 N–H and O–H groups in total. The van der Waals surface area contributed by atoms with Crippen molar-refractivity contribution in [2.24, 2.45) is 5.73 Å². The number of para-hydroxylation sites is 1. The summed E-state index contributed by atoms with van der Waals surface area (Å²) in [5.74, 6) is -0.169. The van der Waals surface area contributed by atoms with Gasteiger partial charge < -0.3 is 5.73 Å². The largest absolute Gasteiger partial charge is 0.369 e. The summed E-state index contributed by atoms with van der Waals surface area (Å²) in [6.07, 6.45) is 3.62. The van der Waals surface area contributed by atoms with E-state index in [1.165, 1.54) is 6.07 Å². The predicted octanol–water partition coefficient (Wildman–Crippen LogP) is 3.25. The Bertz CT molecular complexity index is 1120. The van der Waals surface area contributed by atoms with Crippen LogP contribution in [0.3, 0.4) is 0 Å². The fourth-order valence-electron chi connectivity index (χ4n) is 2.95. The van der Waals surface area contributed by atoms with Crippen LogP contribution in [-0.4, -0.2) is 20.4 Å². The molecule has 2 aromatic carbocycles. The zero-order valence-electron chi connectivity index (χ0n) is 13.8. The Labute approximate surface area is 148 Å². The van der Waals surface area contributed by atoms with Gasteiger partial charge in [-0.15, -0.1) is 0 Å². The van der Waals surface area contributed by atoms with Crippen LogP contribution in [0.5, 0.6) is 0 Å². The third-order valence-corrected chi connectivity index (χ3v) is 4.11. The number of amides is 1. The summed E-state index contributed by atoms with van der Waals surface area (Å²) < 4.78 is 15.9. The van der Waals surface area contributed by atoms with Crippen molar-refractivity contribution in [1.29, 1.82) is 0 Å². The third kappa shape index (κ3) is 2.93. The van der Waals surface area contributed by atoms with Crippen molar-refractivity contribution in [3.63, 3.8) is 0 Å². The topological polar surface area (TPSA) is 73.8 Å². The maximum Gasteiger partial charge on any atom is 0.221 e. The molecule has 0 aliphatic heterocycles. The Morgan fingerprint density at radius 1 is 1.12 bits per heavy atom. The molecule has 26 heavy (non-hydrogen) atoms. The first-order valence-corrected chi connectivity index (χ1v) is 8.08. The first kappa shape index (κ1) is 16.0. The quantitative estimate of drug-likeness (QED) is 0.616. The van der Waals surface area contributed by atoms with Gasteiger partial charge in [-0.25, -0.2) is 14.4 Å². The lowest BCUT2D eigenvalue weighted by atomic mass is 10.1. The van der Waals surface area contributed by atoms with Crippen molar-refractivity contribution >= 4 is 16.8 Å². The van der Waals surface area contributed by atoms with E-state index in [4.69, 9.17) is 5.73 Å². The van der Waals surface area contributed by atoms with Gasteiger partial charge in [0.1, 0.15) is 17.0 Å². The molecule has 0 unspecified atom stereocenters. The number of imidazole rings is 1. The Morgan fingerprint density at radius 3 is 2.81 bits per heavy atom. The van der Waals surface area contributed by atoms with Gasteiger partial charge in [-0.2, -0.15) is 0 Å². The molecule has 0 bridgehead atoms. The van der Waals surface area contributed by atoms with Crippen molar-refractivity contribution in [2.75, 3.05) is 0 Å². The van der Waals surface area contributed by atoms with Crippen LogP contribution < -0.4 is 5.73 Å². The number of nitrogens with zero attached hydrogens (tertiary/aromatic N) is 3. The standard InChI is InChI=1S/C20H15FN4O/c21-16-6-2-4-14-7-8-17(24-19(14)16)20-23-9-10-25(20)15-5-1-3-13(11-15)12-18(22)26/h1-11H,12H2,(H2,22,26). The van der Waals surface area contributed by atoms with Crippen LogP contribution in [0.15, 0.2) is 67.0 Å². The van der Waals surface area contributed by atoms with Gasteiger partial charge in [0, 0.05) is 23.5 Å². The molecule has 1 amide bonds. The maximum absolute atomic E-state index is 14.1. The first-order chi connectivity index (χ1) is 12.6. The highest BCUT2D eigenvalue weighted by Crippen LogP contribution is 2.24. The molecule has 0 aliphatic rings. The average Bonchev–Trinajstić information content (AvgIpc) is 3.11. The monoisotopic (exact) mass is 346 g/mol. The van der Waals surface area contributed by atoms with Gasteiger partial charge in [-0.3, -0.25) is 9.36 Å². The highest BCUT2D eigenvalue weighted by Gasteiger charge is 2.12. The summed E-state index contributed by atoms with van der Waals surface area (Å²) in [6, 6.07) is 16.0. The van der Waals surface area contributed by atoms with E-state index in [0.717, 1.165) is 16.6 Å². The minimum absolute atomic E-state index is 0.164. The Morgan fingerprint density at radius 2 is 1.96 bits per heavy atom. The molecule has 2 heterocycles. The average molecular weight is 346 g/mol. The summed E-state index contributed by atoms with van der Waals surface area (Å²) in [4.78, 5) is 20.0. The van der Waals surface area contributed by atoms with Crippen LogP contribution in [0.1, 0.15) is 5.56 Å². The van der Waals surface area contributed by atoms with E-state index in [1.807, 2.05) is 47.0 Å². The van der Waals surface area contributed by atoms with Crippen molar-refractivity contribution in [3.8, 4) is 17.2 Å². The van der Waals surface area contributed by atoms with Crippen molar-refractivity contribution in [1.82, 2.24) is 14.5 Å². The van der Waals surface area contributed by atoms with Crippen molar-refractivity contribution < 1.29 is 9.18 Å². The molecular formula is C20H15FN4O. The van der Waals surface area contributed by atoms with Crippen LogP contribution >= 0.6 is 0 Å². The fourth-order valence-corrected chi connectivity index (χ4v) is 2.95. The number of nitrogens with two attached hydrogens (primary N) is 1. The van der Waals surface area contributed by atoms with Crippen LogP contribution in [0.25, 0.3) is 28.1 Å². The Balaban J connectivity index is 1.81. The smallest absolute Gasteiger partial charge is 0.221 e. The van der Waals surface area contributed by atoms with Gasteiger partial charge in [0.05, 0.1) is 6.42 Å². The second kappa shape index (κ2) is 6.40. The molecular weight excluding hydrogens is 331 g/mol. The highest BCUT2D eigenvalue weighted by molar-refractivity contribution is 5.81. The SMILES string of the molecule is NC(=O)Cc1cccc(-n2ccnc2-c2ccc3cccc(F)c3n2)c1. The van der Waals surface area contributed by atoms with E-state index in [0.29, 0.717) is 17.0 Å². The number of halogens is 1. The lowest BCUT2D eigenvalue weighted by Gasteiger charge is -2.10. The number of pyridine rings is 1. The molecule has 4 rings (SSSR count). The number of primary amides is 1. The van der Waals surface area contributed by atoms with Crippen LogP contribution in [0.2, 0.25) is 0 Å². The fraction of sp³-hybridized carbons (Fsp3) is 0.0500. The van der Waals surface area contributed by atoms with Gasteiger partial charge in [-0.1, -0.05) is 30.3 Å². The summed E-state index contributed by atoms with van der Waals surface area (Å²) in [5.41, 5.74) is 7.79. The number of rotatable bonds is 4. The molecule has 6 heteroatoms. The molecule has 128 valence electrons. The molecule has 2 aromatic heterocycles. The van der Waals surface area contributed by atoms with Crippen LogP contribution in [0.4, 0.5) is 4.39 Å². The van der Waals surface area contributed by atoms with E-state index in [-0.39, 0.29) is 18.1 Å². The lowest BCUT2D eigenvalue weighted by molar-refractivity contribution is -0.117. The number of hydrogen-bond acceptors (Lipinski definition) is 3. The third-order valence-electron chi connectivity index (χ3n) is 4.11. The van der Waals surface area contributed by atoms with Gasteiger partial charge in [0.2, 0.25) is 5.91 Å². The molecule has 0 fully saturated rings. The van der Waals surface area contributed by atoms with E-state index < -0.39 is 0 Å². The van der Waals surface area contributed by atoms with E-state index in [9.17, 15) is 9.18 Å². The summed E-state index contributed by atoms with van der Waals surface area (Å²) >= 11 is 0. The molecule has 5 nitrogen and oxygen atoms in total. The normalized spacial score (nSPS) is 11.0. The molecule has 0 saturated heterocycles. The minimum atomic E-state index is -0.389. The second-order valence-corrected chi connectivity index (χ2v) is 5.94. The highest BCUT2D eigenvalue weighted by atomic mass is 19.1. The summed E-state index contributed by atoms with van der Waals surface area (Å²) in [6.45, 7) is 0. The zero-order valence-corrected chi connectivity index (χ0v) is 13.8. The van der Waals surface area contributed by atoms with E-state index in [2.05, 4.69) is 9.97 Å². The zero-order chi connectivity index (χ0) is 18.1. The number of fused-ring (bicyclic) bond motifs is 1. The number of carbonyl (C=O) groups excluding carboxylic acids is 1. The van der Waals surface area contributed by atoms with Gasteiger partial charge in [-0.05, 0) is 29.8 Å². The molecule has 4 aromatic rings. The number of benzene rings is 2. The number of carbonyl (C=O) groups is 1. The molecule has 0 atom stereocenters. The number of hydrogen-bond donors (Lipinski definition) is 1. The summed E-state index contributed by atoms with van der Waals surface area (Å²) in [5, 5.41) is 0.732. The molecule has 0 saturated carbocycles. The van der Waals surface area contributed by atoms with Crippen molar-refractivity contribution in [2.45, 2.75) is 6.42 Å². The Kier molecular flexibility index (Phi) is 3.93. The van der Waals surface area contributed by atoms with Gasteiger partial charge >= 0.3 is 0 Å². The van der Waals surface area contributed by atoms with Gasteiger partial charge in [0.25, 0.3) is 0 Å². The molecule has 0 radical (unpaired) electrons. The minimum Gasteiger partial charge on any atom is -0.369 e. The van der Waals surface area contributed by atoms with Gasteiger partial charge in [0.15, 0.2) is 5.82 Å². The predicted molar refractivity (Wildman–Crippen MR) is 97.2 cm³/mol. The second-order valence-electron chi connectivity index (χ2n) is 5.94. The summed E-state index contributed by atoms with van der Waals surface area (Å²) in [7, 11) is 0. The van der Waals surface area contributed by atoms with Crippen molar-refractivity contribution in [3.05, 3.63) is 78.4 Å². The lowest BCUT2D eigenvalue weighted by Crippen LogP contribution is -2.13. The van der Waals surface area contributed by atoms with E-state index in [1.54, 1.807) is 18.5 Å². The number of aromatic nitrogens is 3. The molecule has 0 spiro atoms. The van der Waals surface area contributed by atoms with Crippen LogP contribution in [-0.2, 0) is 11.2 Å². The van der Waals surface area contributed by atoms with Crippen LogP contribution in [0, 0.1) is 5.82 Å². The first-order valence-electron chi connectivity index (χ1n) is 8.08. The van der Waals surface area contributed by atoms with E-state index >= 15 is 0 Å². The Hall–Kier alpha value is -3.54. The molecule has 0 aliphatic carbocycles. The maximum atomic E-state index is 14.1.